The summed E-state index contributed by atoms with van der Waals surface area (Å²) in [5, 5.41) is 3.45. The minimum absolute atomic E-state index is 0.0869. The maximum atomic E-state index is 11.7. The topological polar surface area (TPSA) is 38.3 Å². The number of hydrogen-bond donors (Lipinski definition) is 1. The number of methoxy groups -OCH3 is 1. The van der Waals surface area contributed by atoms with E-state index in [0.717, 1.165) is 31.7 Å². The Hall–Kier alpha value is -0.570. The highest BCUT2D eigenvalue weighted by Gasteiger charge is 2.53. The molecule has 0 aliphatic heterocycles. The molecule has 1 N–H and O–H groups in total. The van der Waals surface area contributed by atoms with Crippen molar-refractivity contribution >= 4 is 5.97 Å². The highest BCUT2D eigenvalue weighted by Crippen LogP contribution is 2.60. The van der Waals surface area contributed by atoms with Crippen molar-refractivity contribution in [1.82, 2.24) is 5.32 Å². The van der Waals surface area contributed by atoms with Crippen molar-refractivity contribution in [2.75, 3.05) is 13.7 Å². The summed E-state index contributed by atoms with van der Waals surface area (Å²) < 4.78 is 4.87. The van der Waals surface area contributed by atoms with Crippen LogP contribution in [-0.4, -0.2) is 25.7 Å². The van der Waals surface area contributed by atoms with E-state index in [4.69, 9.17) is 4.74 Å². The van der Waals surface area contributed by atoms with Crippen LogP contribution in [0.5, 0.6) is 0 Å². The molecule has 0 bridgehead atoms. The number of nitrogens with one attached hydrogen (secondary N) is 1. The van der Waals surface area contributed by atoms with Crippen LogP contribution < -0.4 is 5.32 Å². The fourth-order valence-electron chi connectivity index (χ4n) is 2.77. The molecule has 2 aliphatic carbocycles. The maximum absolute atomic E-state index is 11.7. The lowest BCUT2D eigenvalue weighted by atomic mass is 9.99. The Morgan fingerprint density at radius 2 is 2.18 bits per heavy atom. The molecule has 2 rings (SSSR count). The van der Waals surface area contributed by atoms with Gasteiger partial charge in [-0.1, -0.05) is 19.8 Å². The van der Waals surface area contributed by atoms with E-state index < -0.39 is 0 Å². The molecule has 0 saturated heterocycles. The van der Waals surface area contributed by atoms with Crippen molar-refractivity contribution in [3.63, 3.8) is 0 Å². The highest BCUT2D eigenvalue weighted by molar-refractivity contribution is 5.75. The average Bonchev–Trinajstić information content (AvgIpc) is 3.18. The van der Waals surface area contributed by atoms with E-state index in [1.54, 1.807) is 0 Å². The van der Waals surface area contributed by atoms with Crippen LogP contribution >= 0.6 is 0 Å². The normalized spacial score (nSPS) is 23.2. The molecule has 1 atom stereocenters. The second-order valence-electron chi connectivity index (χ2n) is 5.74. The Morgan fingerprint density at radius 3 is 2.65 bits per heavy atom. The summed E-state index contributed by atoms with van der Waals surface area (Å²) in [5.74, 6) is 0.851. The fourth-order valence-corrected chi connectivity index (χ4v) is 2.77. The van der Waals surface area contributed by atoms with Gasteiger partial charge in [-0.2, -0.15) is 0 Å². The standard InChI is InChI=1S/C14H25NO2/c1-3-4-5-12(13(16)17-2)15-10-14(8-9-14)11-6-7-11/h11-12,15H,3-10H2,1-2H3. The van der Waals surface area contributed by atoms with E-state index in [9.17, 15) is 4.79 Å². The zero-order valence-corrected chi connectivity index (χ0v) is 11.1. The maximum Gasteiger partial charge on any atom is 0.322 e. The minimum Gasteiger partial charge on any atom is -0.468 e. The quantitative estimate of drug-likeness (QED) is 0.661. The van der Waals surface area contributed by atoms with Crippen LogP contribution in [0.4, 0.5) is 0 Å². The Bertz CT molecular complexity index is 269. The van der Waals surface area contributed by atoms with Gasteiger partial charge in [0, 0.05) is 6.54 Å². The van der Waals surface area contributed by atoms with Crippen LogP contribution in [0.15, 0.2) is 0 Å². The Kier molecular flexibility index (Phi) is 4.08. The van der Waals surface area contributed by atoms with Crippen LogP contribution in [-0.2, 0) is 9.53 Å². The van der Waals surface area contributed by atoms with E-state index in [1.807, 2.05) is 0 Å². The van der Waals surface area contributed by atoms with Crippen molar-refractivity contribution in [3.8, 4) is 0 Å². The summed E-state index contributed by atoms with van der Waals surface area (Å²) in [7, 11) is 1.48. The summed E-state index contributed by atoms with van der Waals surface area (Å²) in [6.45, 7) is 3.17. The van der Waals surface area contributed by atoms with Gasteiger partial charge in [-0.05, 0) is 43.4 Å². The van der Waals surface area contributed by atoms with Gasteiger partial charge in [0.05, 0.1) is 7.11 Å². The molecule has 0 aromatic carbocycles. The fraction of sp³-hybridized carbons (Fsp3) is 0.929. The number of ether oxygens (including phenoxy) is 1. The second-order valence-corrected chi connectivity index (χ2v) is 5.74. The SMILES string of the molecule is CCCCC(NCC1(C2CC2)CC1)C(=O)OC. The molecule has 0 amide bonds. The van der Waals surface area contributed by atoms with Gasteiger partial charge in [-0.15, -0.1) is 0 Å². The molecule has 2 fully saturated rings. The van der Waals surface area contributed by atoms with Gasteiger partial charge < -0.3 is 10.1 Å². The largest absolute Gasteiger partial charge is 0.468 e. The number of rotatable bonds is 8. The summed E-state index contributed by atoms with van der Waals surface area (Å²) in [6, 6.07) is -0.0869. The van der Waals surface area contributed by atoms with E-state index in [1.165, 1.54) is 32.8 Å². The predicted molar refractivity (Wildman–Crippen MR) is 67.7 cm³/mol. The van der Waals surface area contributed by atoms with E-state index >= 15 is 0 Å². The summed E-state index contributed by atoms with van der Waals surface area (Å²) in [6.07, 6.45) is 8.63. The molecular formula is C14H25NO2. The van der Waals surface area contributed by atoms with Gasteiger partial charge in [-0.3, -0.25) is 4.79 Å². The van der Waals surface area contributed by atoms with Crippen molar-refractivity contribution in [2.45, 2.75) is 57.9 Å². The highest BCUT2D eigenvalue weighted by atomic mass is 16.5. The summed E-state index contributed by atoms with van der Waals surface area (Å²) >= 11 is 0. The Labute approximate surface area is 104 Å². The van der Waals surface area contributed by atoms with Crippen molar-refractivity contribution in [2.24, 2.45) is 11.3 Å². The first kappa shape index (κ1) is 12.9. The molecular weight excluding hydrogens is 214 g/mol. The monoisotopic (exact) mass is 239 g/mol. The molecule has 0 aromatic rings. The van der Waals surface area contributed by atoms with E-state index in [-0.39, 0.29) is 12.0 Å². The number of hydrogen-bond acceptors (Lipinski definition) is 3. The number of carbonyl (C=O) groups is 1. The molecule has 1 unspecified atom stereocenters. The third kappa shape index (κ3) is 3.21. The number of esters is 1. The minimum atomic E-state index is -0.0925. The van der Waals surface area contributed by atoms with Crippen molar-refractivity contribution in [1.29, 1.82) is 0 Å². The molecule has 17 heavy (non-hydrogen) atoms. The molecule has 0 heterocycles. The average molecular weight is 239 g/mol. The lowest BCUT2D eigenvalue weighted by Gasteiger charge is -2.21. The zero-order valence-electron chi connectivity index (χ0n) is 11.1. The third-order valence-corrected chi connectivity index (χ3v) is 4.37. The lowest BCUT2D eigenvalue weighted by Crippen LogP contribution is -2.41. The summed E-state index contributed by atoms with van der Waals surface area (Å²) in [5.41, 5.74) is 0.554. The van der Waals surface area contributed by atoms with Crippen molar-refractivity contribution < 1.29 is 9.53 Å². The molecule has 2 saturated carbocycles. The molecule has 0 aromatic heterocycles. The lowest BCUT2D eigenvalue weighted by molar-refractivity contribution is -0.143. The first-order valence-electron chi connectivity index (χ1n) is 7.03. The molecule has 3 nitrogen and oxygen atoms in total. The molecule has 0 spiro atoms. The second kappa shape index (κ2) is 5.38. The van der Waals surface area contributed by atoms with E-state index in [2.05, 4.69) is 12.2 Å². The van der Waals surface area contributed by atoms with Gasteiger partial charge in [-0.25, -0.2) is 0 Å². The van der Waals surface area contributed by atoms with Crippen LogP contribution in [0.25, 0.3) is 0 Å². The van der Waals surface area contributed by atoms with Crippen LogP contribution in [0.2, 0.25) is 0 Å². The van der Waals surface area contributed by atoms with Crippen LogP contribution in [0.3, 0.4) is 0 Å². The first-order chi connectivity index (χ1) is 8.22. The Balaban J connectivity index is 1.77. The van der Waals surface area contributed by atoms with Gasteiger partial charge in [0.25, 0.3) is 0 Å². The molecule has 2 aliphatic rings. The van der Waals surface area contributed by atoms with E-state index in [0.29, 0.717) is 5.41 Å². The summed E-state index contributed by atoms with van der Waals surface area (Å²) in [4.78, 5) is 11.7. The van der Waals surface area contributed by atoms with Crippen molar-refractivity contribution in [3.05, 3.63) is 0 Å². The smallest absolute Gasteiger partial charge is 0.322 e. The molecule has 0 radical (unpaired) electrons. The van der Waals surface area contributed by atoms with Crippen LogP contribution in [0, 0.1) is 11.3 Å². The number of carbonyl (C=O) groups excluding carboxylic acids is 1. The number of unbranched alkanes of at least 4 members (excludes halogenated alkanes) is 1. The first-order valence-corrected chi connectivity index (χ1v) is 7.03. The predicted octanol–water partition coefficient (Wildman–Crippen LogP) is 2.50. The zero-order chi connectivity index (χ0) is 12.3. The molecule has 3 heteroatoms. The third-order valence-electron chi connectivity index (χ3n) is 4.37. The van der Waals surface area contributed by atoms with Crippen LogP contribution in [0.1, 0.15) is 51.9 Å². The van der Waals surface area contributed by atoms with Gasteiger partial charge in [0.15, 0.2) is 0 Å². The van der Waals surface area contributed by atoms with Gasteiger partial charge in [0.2, 0.25) is 0 Å². The van der Waals surface area contributed by atoms with Gasteiger partial charge in [0.1, 0.15) is 6.04 Å². The van der Waals surface area contributed by atoms with Gasteiger partial charge >= 0.3 is 5.97 Å². The Morgan fingerprint density at radius 1 is 1.47 bits per heavy atom. The molecule has 98 valence electrons.